The second-order valence-electron chi connectivity index (χ2n) is 4.29. The van der Waals surface area contributed by atoms with Crippen molar-refractivity contribution in [3.05, 3.63) is 29.3 Å². The van der Waals surface area contributed by atoms with Gasteiger partial charge < -0.3 is 0 Å². The first-order valence-corrected chi connectivity index (χ1v) is 6.29. The minimum atomic E-state index is 0.429. The van der Waals surface area contributed by atoms with E-state index in [4.69, 9.17) is 0 Å². The van der Waals surface area contributed by atoms with Crippen molar-refractivity contribution in [1.82, 2.24) is 0 Å². The third-order valence-electron chi connectivity index (χ3n) is 2.84. The van der Waals surface area contributed by atoms with Crippen LogP contribution in [0.4, 0.5) is 0 Å². The summed E-state index contributed by atoms with van der Waals surface area (Å²) >= 11 is 1.87. The van der Waals surface area contributed by atoms with E-state index in [2.05, 4.69) is 32.0 Å². The Balaban J connectivity index is 2.10. The zero-order valence-electron chi connectivity index (χ0n) is 9.25. The Hall–Kier alpha value is -0.760. The lowest BCUT2D eigenvalue weighted by molar-refractivity contribution is -0.117. The van der Waals surface area contributed by atoms with Crippen LogP contribution in [0, 0.1) is 13.8 Å². The number of thioether (sulfide) groups is 1. The summed E-state index contributed by atoms with van der Waals surface area (Å²) in [5.41, 5.74) is 2.62. The molecule has 0 amide bonds. The second kappa shape index (κ2) is 4.40. The first kappa shape index (κ1) is 10.7. The first-order chi connectivity index (χ1) is 7.15. The van der Waals surface area contributed by atoms with Gasteiger partial charge in [-0.15, -0.1) is 11.8 Å². The fourth-order valence-corrected chi connectivity index (χ4v) is 3.27. The van der Waals surface area contributed by atoms with Crippen molar-refractivity contribution in [3.63, 3.8) is 0 Å². The van der Waals surface area contributed by atoms with Crippen molar-refractivity contribution >= 4 is 17.5 Å². The molecule has 0 radical (unpaired) electrons. The van der Waals surface area contributed by atoms with Crippen LogP contribution in [0.15, 0.2) is 23.1 Å². The smallest absolute Gasteiger partial charge is 0.134 e. The SMILES string of the molecule is Cc1ccc(C)c(SC2CCC(=O)C2)c1. The number of carbonyl (C=O) groups excluding carboxylic acids is 1. The van der Waals surface area contributed by atoms with Crippen molar-refractivity contribution in [2.24, 2.45) is 0 Å². The van der Waals surface area contributed by atoms with E-state index in [0.29, 0.717) is 11.0 Å². The van der Waals surface area contributed by atoms with Crippen LogP contribution >= 0.6 is 11.8 Å². The molecule has 0 spiro atoms. The predicted octanol–water partition coefficient (Wildman–Crippen LogP) is 3.52. The number of ketones is 1. The monoisotopic (exact) mass is 220 g/mol. The van der Waals surface area contributed by atoms with Crippen molar-refractivity contribution in [2.75, 3.05) is 0 Å². The van der Waals surface area contributed by atoms with Gasteiger partial charge in [-0.3, -0.25) is 4.79 Å². The largest absolute Gasteiger partial charge is 0.300 e. The van der Waals surface area contributed by atoms with Crippen molar-refractivity contribution in [3.8, 4) is 0 Å². The van der Waals surface area contributed by atoms with Gasteiger partial charge in [0.05, 0.1) is 0 Å². The molecule has 1 saturated carbocycles. The van der Waals surface area contributed by atoms with Crippen LogP contribution in [0.2, 0.25) is 0 Å². The summed E-state index contributed by atoms with van der Waals surface area (Å²) in [7, 11) is 0. The van der Waals surface area contributed by atoms with Crippen LogP contribution in [0.1, 0.15) is 30.4 Å². The molecule has 0 aliphatic heterocycles. The zero-order chi connectivity index (χ0) is 10.8. The van der Waals surface area contributed by atoms with Gasteiger partial charge in [0.2, 0.25) is 0 Å². The zero-order valence-corrected chi connectivity index (χ0v) is 10.1. The summed E-state index contributed by atoms with van der Waals surface area (Å²) in [6.45, 7) is 4.25. The quantitative estimate of drug-likeness (QED) is 0.758. The number of Topliss-reactive ketones (excluding diaryl/α,β-unsaturated/α-hetero) is 1. The Morgan fingerprint density at radius 2 is 2.13 bits per heavy atom. The second-order valence-corrected chi connectivity index (χ2v) is 5.63. The van der Waals surface area contributed by atoms with Gasteiger partial charge in [0, 0.05) is 23.0 Å². The van der Waals surface area contributed by atoms with Crippen LogP contribution < -0.4 is 0 Å². The molecule has 1 aromatic carbocycles. The molecule has 0 aromatic heterocycles. The molecule has 0 heterocycles. The number of hydrogen-bond acceptors (Lipinski definition) is 2. The standard InChI is InChI=1S/C13H16OS/c1-9-3-4-10(2)13(7-9)15-12-6-5-11(14)8-12/h3-4,7,12H,5-6,8H2,1-2H3. The Morgan fingerprint density at radius 1 is 1.33 bits per heavy atom. The van der Waals surface area contributed by atoms with Crippen molar-refractivity contribution in [2.45, 2.75) is 43.3 Å². The van der Waals surface area contributed by atoms with Crippen LogP contribution in [0.3, 0.4) is 0 Å². The molecule has 1 aliphatic carbocycles. The Bertz CT molecular complexity index is 384. The summed E-state index contributed by atoms with van der Waals surface area (Å²) in [5, 5.41) is 0.512. The van der Waals surface area contributed by atoms with E-state index in [9.17, 15) is 4.79 Å². The third-order valence-corrected chi connectivity index (χ3v) is 4.27. The van der Waals surface area contributed by atoms with E-state index in [1.807, 2.05) is 11.8 Å². The number of carbonyl (C=O) groups is 1. The van der Waals surface area contributed by atoms with Gasteiger partial charge in [-0.25, -0.2) is 0 Å². The lowest BCUT2D eigenvalue weighted by atomic mass is 10.2. The van der Waals surface area contributed by atoms with Gasteiger partial charge in [-0.2, -0.15) is 0 Å². The van der Waals surface area contributed by atoms with Gasteiger partial charge in [-0.1, -0.05) is 17.7 Å². The minimum absolute atomic E-state index is 0.429. The molecule has 0 saturated heterocycles. The maximum atomic E-state index is 11.2. The highest BCUT2D eigenvalue weighted by atomic mass is 32.2. The molecule has 1 unspecified atom stereocenters. The number of hydrogen-bond donors (Lipinski definition) is 0. The van der Waals surface area contributed by atoms with E-state index in [1.165, 1.54) is 16.0 Å². The molecule has 80 valence electrons. The summed E-state index contributed by atoms with van der Waals surface area (Å²) in [6, 6.07) is 6.52. The fourth-order valence-electron chi connectivity index (χ4n) is 1.89. The average Bonchev–Trinajstić information content (AvgIpc) is 2.58. The highest BCUT2D eigenvalue weighted by Crippen LogP contribution is 2.35. The normalized spacial score (nSPS) is 20.9. The van der Waals surface area contributed by atoms with Gasteiger partial charge >= 0.3 is 0 Å². The molecule has 2 heteroatoms. The lowest BCUT2D eigenvalue weighted by Crippen LogP contribution is -1.97. The van der Waals surface area contributed by atoms with Crippen molar-refractivity contribution in [1.29, 1.82) is 0 Å². The lowest BCUT2D eigenvalue weighted by Gasteiger charge is -2.11. The predicted molar refractivity (Wildman–Crippen MR) is 64.4 cm³/mol. The molecule has 0 N–H and O–H groups in total. The van der Waals surface area contributed by atoms with E-state index in [1.54, 1.807) is 0 Å². The number of benzene rings is 1. The van der Waals surface area contributed by atoms with Gasteiger partial charge in [0.1, 0.15) is 5.78 Å². The van der Waals surface area contributed by atoms with Crippen molar-refractivity contribution < 1.29 is 4.79 Å². The highest BCUT2D eigenvalue weighted by molar-refractivity contribution is 8.00. The summed E-state index contributed by atoms with van der Waals surface area (Å²) in [5.74, 6) is 0.429. The van der Waals surface area contributed by atoms with E-state index in [0.717, 1.165) is 19.3 Å². The molecule has 1 nitrogen and oxygen atoms in total. The number of aryl methyl sites for hydroxylation is 2. The minimum Gasteiger partial charge on any atom is -0.300 e. The van der Waals surface area contributed by atoms with Crippen LogP contribution in [0.25, 0.3) is 0 Å². The molecule has 1 aromatic rings. The topological polar surface area (TPSA) is 17.1 Å². The van der Waals surface area contributed by atoms with E-state index in [-0.39, 0.29) is 0 Å². The highest BCUT2D eigenvalue weighted by Gasteiger charge is 2.23. The maximum absolute atomic E-state index is 11.2. The van der Waals surface area contributed by atoms with E-state index >= 15 is 0 Å². The summed E-state index contributed by atoms with van der Waals surface area (Å²) in [4.78, 5) is 12.5. The summed E-state index contributed by atoms with van der Waals surface area (Å²) in [6.07, 6.45) is 2.59. The van der Waals surface area contributed by atoms with Crippen LogP contribution in [0.5, 0.6) is 0 Å². The van der Waals surface area contributed by atoms with Crippen LogP contribution in [-0.4, -0.2) is 11.0 Å². The Labute approximate surface area is 95.3 Å². The number of rotatable bonds is 2. The molecule has 1 fully saturated rings. The Kier molecular flexibility index (Phi) is 3.15. The molecule has 2 rings (SSSR count). The van der Waals surface area contributed by atoms with Gasteiger partial charge in [0.15, 0.2) is 0 Å². The Morgan fingerprint density at radius 3 is 2.80 bits per heavy atom. The average molecular weight is 220 g/mol. The molecular weight excluding hydrogens is 204 g/mol. The molecule has 15 heavy (non-hydrogen) atoms. The van der Waals surface area contributed by atoms with Gasteiger partial charge in [-0.05, 0) is 31.9 Å². The fraction of sp³-hybridized carbons (Fsp3) is 0.462. The molecule has 1 atom stereocenters. The van der Waals surface area contributed by atoms with Gasteiger partial charge in [0.25, 0.3) is 0 Å². The first-order valence-electron chi connectivity index (χ1n) is 5.41. The molecule has 1 aliphatic rings. The maximum Gasteiger partial charge on any atom is 0.134 e. The molecule has 0 bridgehead atoms. The van der Waals surface area contributed by atoms with Crippen LogP contribution in [-0.2, 0) is 4.79 Å². The summed E-state index contributed by atoms with van der Waals surface area (Å²) < 4.78 is 0. The van der Waals surface area contributed by atoms with E-state index < -0.39 is 0 Å². The third kappa shape index (κ3) is 2.63. The molecular formula is C13H16OS.